The maximum Gasteiger partial charge on any atom is 0.224 e. The van der Waals surface area contributed by atoms with Gasteiger partial charge in [-0.1, -0.05) is 11.2 Å². The highest BCUT2D eigenvalue weighted by molar-refractivity contribution is 5.78. The van der Waals surface area contributed by atoms with Crippen LogP contribution in [0.3, 0.4) is 0 Å². The predicted octanol–water partition coefficient (Wildman–Crippen LogP) is 1.93. The number of amides is 1. The second kappa shape index (κ2) is 6.44. The molecule has 1 N–H and O–H groups in total. The third-order valence-electron chi connectivity index (χ3n) is 1.95. The van der Waals surface area contributed by atoms with Crippen molar-refractivity contribution in [2.45, 2.75) is 6.42 Å². The SMILES string of the molecule is [N-]=[N+]=NCCNC(=O)Cc1ccc(F)c(F)c1. The molecule has 0 saturated heterocycles. The minimum absolute atomic E-state index is 0.0481. The van der Waals surface area contributed by atoms with Crippen LogP contribution < -0.4 is 5.32 Å². The van der Waals surface area contributed by atoms with Crippen LogP contribution in [0.4, 0.5) is 8.78 Å². The topological polar surface area (TPSA) is 77.9 Å². The molecule has 5 nitrogen and oxygen atoms in total. The lowest BCUT2D eigenvalue weighted by Crippen LogP contribution is -2.27. The average molecular weight is 240 g/mol. The molecule has 0 atom stereocenters. The monoisotopic (exact) mass is 240 g/mol. The van der Waals surface area contributed by atoms with Gasteiger partial charge in [0.15, 0.2) is 11.6 Å². The Morgan fingerprint density at radius 3 is 2.82 bits per heavy atom. The molecular weight excluding hydrogens is 230 g/mol. The van der Waals surface area contributed by atoms with Crippen molar-refractivity contribution in [1.82, 2.24) is 5.32 Å². The van der Waals surface area contributed by atoms with E-state index in [0.29, 0.717) is 5.56 Å². The molecule has 0 aromatic heterocycles. The number of nitrogens with zero attached hydrogens (tertiary/aromatic N) is 3. The molecule has 1 amide bonds. The van der Waals surface area contributed by atoms with E-state index in [1.165, 1.54) is 6.07 Å². The fraction of sp³-hybridized carbons (Fsp3) is 0.300. The van der Waals surface area contributed by atoms with Crippen LogP contribution in [-0.4, -0.2) is 19.0 Å². The molecule has 0 heterocycles. The highest BCUT2D eigenvalue weighted by Crippen LogP contribution is 2.08. The van der Waals surface area contributed by atoms with Crippen LogP contribution in [0.15, 0.2) is 23.3 Å². The lowest BCUT2D eigenvalue weighted by molar-refractivity contribution is -0.120. The van der Waals surface area contributed by atoms with E-state index in [2.05, 4.69) is 15.3 Å². The van der Waals surface area contributed by atoms with Crippen LogP contribution in [0.25, 0.3) is 10.4 Å². The van der Waals surface area contributed by atoms with Crippen LogP contribution >= 0.6 is 0 Å². The van der Waals surface area contributed by atoms with Gasteiger partial charge < -0.3 is 5.32 Å². The van der Waals surface area contributed by atoms with E-state index in [4.69, 9.17) is 5.53 Å². The number of carbonyl (C=O) groups excluding carboxylic acids is 1. The Bertz CT molecular complexity index is 458. The Morgan fingerprint density at radius 2 is 2.18 bits per heavy atom. The standard InChI is InChI=1S/C10H10F2N4O/c11-8-2-1-7(5-9(8)12)6-10(17)14-3-4-15-16-13/h1-2,5H,3-4,6H2,(H,14,17). The first-order valence-corrected chi connectivity index (χ1v) is 4.85. The number of rotatable bonds is 5. The molecule has 0 saturated carbocycles. The highest BCUT2D eigenvalue weighted by Gasteiger charge is 2.06. The summed E-state index contributed by atoms with van der Waals surface area (Å²) in [6.07, 6.45) is -0.0481. The summed E-state index contributed by atoms with van der Waals surface area (Å²) < 4.78 is 25.4. The van der Waals surface area contributed by atoms with Crippen molar-refractivity contribution < 1.29 is 13.6 Å². The molecule has 7 heteroatoms. The summed E-state index contributed by atoms with van der Waals surface area (Å²) in [7, 11) is 0. The van der Waals surface area contributed by atoms with Gasteiger partial charge in [0.1, 0.15) is 0 Å². The van der Waals surface area contributed by atoms with Crippen molar-refractivity contribution in [3.63, 3.8) is 0 Å². The molecule has 0 radical (unpaired) electrons. The Morgan fingerprint density at radius 1 is 1.41 bits per heavy atom. The van der Waals surface area contributed by atoms with Crippen molar-refractivity contribution in [2.75, 3.05) is 13.1 Å². The third kappa shape index (κ3) is 4.48. The smallest absolute Gasteiger partial charge is 0.224 e. The van der Waals surface area contributed by atoms with Crippen molar-refractivity contribution in [1.29, 1.82) is 0 Å². The van der Waals surface area contributed by atoms with Gasteiger partial charge in [0, 0.05) is 18.0 Å². The number of halogens is 2. The molecule has 0 spiro atoms. The number of nitrogens with one attached hydrogen (secondary N) is 1. The summed E-state index contributed by atoms with van der Waals surface area (Å²) >= 11 is 0. The molecule has 0 unspecified atom stereocenters. The maximum absolute atomic E-state index is 12.8. The van der Waals surface area contributed by atoms with E-state index < -0.39 is 11.6 Å². The summed E-state index contributed by atoms with van der Waals surface area (Å²) in [5, 5.41) is 5.71. The Balaban J connectivity index is 2.45. The van der Waals surface area contributed by atoms with Gasteiger partial charge >= 0.3 is 0 Å². The second-order valence-electron chi connectivity index (χ2n) is 3.23. The number of hydrogen-bond donors (Lipinski definition) is 1. The molecule has 0 aliphatic carbocycles. The Hall–Kier alpha value is -2.14. The molecule has 90 valence electrons. The van der Waals surface area contributed by atoms with Crippen molar-refractivity contribution in [2.24, 2.45) is 5.11 Å². The van der Waals surface area contributed by atoms with Gasteiger partial charge in [-0.15, -0.1) is 0 Å². The fourth-order valence-corrected chi connectivity index (χ4v) is 1.19. The zero-order valence-corrected chi connectivity index (χ0v) is 8.86. The molecule has 0 fully saturated rings. The van der Waals surface area contributed by atoms with Gasteiger partial charge in [0.05, 0.1) is 6.42 Å². The quantitative estimate of drug-likeness (QED) is 0.363. The first-order valence-electron chi connectivity index (χ1n) is 4.85. The Kier molecular flexibility index (Phi) is 4.90. The van der Waals surface area contributed by atoms with Crippen molar-refractivity contribution >= 4 is 5.91 Å². The molecule has 0 bridgehead atoms. The fourth-order valence-electron chi connectivity index (χ4n) is 1.19. The lowest BCUT2D eigenvalue weighted by atomic mass is 10.1. The summed E-state index contributed by atoms with van der Waals surface area (Å²) in [6.45, 7) is 0.368. The second-order valence-corrected chi connectivity index (χ2v) is 3.23. The highest BCUT2D eigenvalue weighted by atomic mass is 19.2. The number of benzene rings is 1. The van der Waals surface area contributed by atoms with Crippen LogP contribution in [0.5, 0.6) is 0 Å². The molecular formula is C10H10F2N4O. The summed E-state index contributed by atoms with van der Waals surface area (Å²) in [5.74, 6) is -2.27. The van der Waals surface area contributed by atoms with Gasteiger partial charge in [-0.05, 0) is 23.2 Å². The van der Waals surface area contributed by atoms with Crippen LogP contribution in [-0.2, 0) is 11.2 Å². The number of carbonyl (C=O) groups is 1. The average Bonchev–Trinajstić information content (AvgIpc) is 2.30. The minimum Gasteiger partial charge on any atom is -0.356 e. The van der Waals surface area contributed by atoms with Gasteiger partial charge in [-0.2, -0.15) is 0 Å². The third-order valence-corrected chi connectivity index (χ3v) is 1.95. The summed E-state index contributed by atoms with van der Waals surface area (Å²) in [6, 6.07) is 3.28. The van der Waals surface area contributed by atoms with Crippen molar-refractivity contribution in [3.05, 3.63) is 45.8 Å². The molecule has 1 rings (SSSR count). The van der Waals surface area contributed by atoms with Crippen molar-refractivity contribution in [3.8, 4) is 0 Å². The predicted molar refractivity (Wildman–Crippen MR) is 57.1 cm³/mol. The van der Waals surface area contributed by atoms with E-state index in [9.17, 15) is 13.6 Å². The minimum atomic E-state index is -0.982. The molecule has 0 aliphatic rings. The first kappa shape index (κ1) is 12.9. The Labute approximate surface area is 96.1 Å². The maximum atomic E-state index is 12.8. The molecule has 1 aromatic carbocycles. The van der Waals surface area contributed by atoms with Gasteiger partial charge in [0.25, 0.3) is 0 Å². The van der Waals surface area contributed by atoms with Crippen LogP contribution in [0.1, 0.15) is 5.56 Å². The van der Waals surface area contributed by atoms with Crippen LogP contribution in [0.2, 0.25) is 0 Å². The zero-order chi connectivity index (χ0) is 12.7. The molecule has 17 heavy (non-hydrogen) atoms. The van der Waals surface area contributed by atoms with Gasteiger partial charge in [-0.3, -0.25) is 4.79 Å². The zero-order valence-electron chi connectivity index (χ0n) is 8.86. The van der Waals surface area contributed by atoms with E-state index >= 15 is 0 Å². The number of azide groups is 1. The molecule has 0 aliphatic heterocycles. The van der Waals surface area contributed by atoms with Crippen LogP contribution in [0, 0.1) is 11.6 Å². The normalized spacial score (nSPS) is 9.53. The van der Waals surface area contributed by atoms with E-state index in [0.717, 1.165) is 12.1 Å². The summed E-state index contributed by atoms with van der Waals surface area (Å²) in [4.78, 5) is 13.8. The summed E-state index contributed by atoms with van der Waals surface area (Å²) in [5.41, 5.74) is 8.37. The van der Waals surface area contributed by atoms with Gasteiger partial charge in [-0.25, -0.2) is 8.78 Å². The largest absolute Gasteiger partial charge is 0.356 e. The van der Waals surface area contributed by atoms with E-state index in [1.54, 1.807) is 0 Å². The lowest BCUT2D eigenvalue weighted by Gasteiger charge is -2.03. The van der Waals surface area contributed by atoms with Gasteiger partial charge in [0.2, 0.25) is 5.91 Å². The molecule has 1 aromatic rings. The number of hydrogen-bond acceptors (Lipinski definition) is 2. The first-order chi connectivity index (χ1) is 8.13. The van der Waals surface area contributed by atoms with E-state index in [1.807, 2.05) is 0 Å². The van der Waals surface area contributed by atoms with E-state index in [-0.39, 0.29) is 25.4 Å².